The van der Waals surface area contributed by atoms with E-state index in [1.54, 1.807) is 0 Å². The van der Waals surface area contributed by atoms with Crippen molar-refractivity contribution in [2.75, 3.05) is 14.2 Å². The molecule has 0 radical (unpaired) electrons. The summed E-state index contributed by atoms with van der Waals surface area (Å²) >= 11 is 16.9. The van der Waals surface area contributed by atoms with Crippen LogP contribution in [-0.4, -0.2) is 26.2 Å². The molecule has 10 heteroatoms. The minimum Gasteiger partial charge on any atom is -0.465 e. The van der Waals surface area contributed by atoms with Gasteiger partial charge in [-0.05, 0) is 0 Å². The van der Waals surface area contributed by atoms with Crippen molar-refractivity contribution in [2.45, 2.75) is 0 Å². The lowest BCUT2D eigenvalue weighted by Crippen LogP contribution is -2.00. The fourth-order valence-electron chi connectivity index (χ4n) is 1.16. The maximum atomic E-state index is 11.5. The summed E-state index contributed by atoms with van der Waals surface area (Å²) in [5.41, 5.74) is 0. The average molecular weight is 389 g/mol. The fraction of sp³-hybridized carbons (Fsp3) is 0.200. The van der Waals surface area contributed by atoms with Crippen LogP contribution in [0.2, 0.25) is 0 Å². The number of esters is 2. The van der Waals surface area contributed by atoms with E-state index in [9.17, 15) is 9.59 Å². The monoisotopic (exact) mass is 388 g/mol. The summed E-state index contributed by atoms with van der Waals surface area (Å²) in [4.78, 5) is 23.7. The molecule has 0 aromatic carbocycles. The largest absolute Gasteiger partial charge is 0.465 e. The summed E-state index contributed by atoms with van der Waals surface area (Å²) in [6.07, 6.45) is 0. The van der Waals surface area contributed by atoms with Crippen LogP contribution in [0.25, 0.3) is 0 Å². The highest BCUT2D eigenvalue weighted by atomic mass is 35.5. The summed E-state index contributed by atoms with van der Waals surface area (Å²) in [6, 6.07) is 0. The van der Waals surface area contributed by atoms with E-state index >= 15 is 0 Å². The van der Waals surface area contributed by atoms with Gasteiger partial charge in [-0.2, -0.15) is 0 Å². The molecule has 0 unspecified atom stereocenters. The molecule has 0 aliphatic carbocycles. The normalized spacial score (nSPS) is 22.6. The first-order valence-electron chi connectivity index (χ1n) is 4.89. The number of hydrogen-bond donors (Lipinski definition) is 0. The van der Waals surface area contributed by atoms with Crippen molar-refractivity contribution in [2.24, 2.45) is 0 Å². The minimum atomic E-state index is -0.483. The van der Waals surface area contributed by atoms with E-state index in [4.69, 9.17) is 23.2 Å². The van der Waals surface area contributed by atoms with Crippen LogP contribution in [0.15, 0.2) is 27.0 Å². The first-order chi connectivity index (χ1) is 9.47. The van der Waals surface area contributed by atoms with Gasteiger partial charge < -0.3 is 9.47 Å². The van der Waals surface area contributed by atoms with Gasteiger partial charge in [-0.15, -0.1) is 0 Å². The van der Waals surface area contributed by atoms with E-state index < -0.39 is 11.9 Å². The molecule has 0 saturated carbocycles. The Balaban J connectivity index is 2.17. The van der Waals surface area contributed by atoms with Crippen molar-refractivity contribution < 1.29 is 19.1 Å². The third kappa shape index (κ3) is 3.31. The SMILES string of the molecule is COC(=O)C1=C(Cl)S/C(=C2/SC(Cl)=C(C(=O)OC)S2)S1. The maximum Gasteiger partial charge on any atom is 0.346 e. The van der Waals surface area contributed by atoms with Crippen molar-refractivity contribution in [1.29, 1.82) is 0 Å². The molecule has 0 aromatic rings. The number of halogens is 2. The highest BCUT2D eigenvalue weighted by molar-refractivity contribution is 8.35. The van der Waals surface area contributed by atoms with Crippen LogP contribution in [0.3, 0.4) is 0 Å². The standard InChI is InChI=1S/C10H6Cl2O4S4/c1-15-7(13)3-5(11)19-9(17-3)10-18-4(6(12)20-10)8(14)16-2/h1-2H3/b10-9+. The van der Waals surface area contributed by atoms with Crippen molar-refractivity contribution in [1.82, 2.24) is 0 Å². The van der Waals surface area contributed by atoms with Crippen molar-refractivity contribution in [3.8, 4) is 0 Å². The predicted octanol–water partition coefficient (Wildman–Crippen LogP) is 4.23. The van der Waals surface area contributed by atoms with Gasteiger partial charge in [0.05, 0.1) is 22.7 Å². The van der Waals surface area contributed by atoms with Gasteiger partial charge in [0.2, 0.25) is 0 Å². The van der Waals surface area contributed by atoms with Crippen molar-refractivity contribution in [3.05, 3.63) is 27.0 Å². The van der Waals surface area contributed by atoms with Crippen LogP contribution < -0.4 is 0 Å². The zero-order valence-electron chi connectivity index (χ0n) is 10.0. The molecule has 2 aliphatic heterocycles. The summed E-state index contributed by atoms with van der Waals surface area (Å²) in [5, 5.41) is 0. The Morgan fingerprint density at radius 1 is 0.800 bits per heavy atom. The molecule has 0 aromatic heterocycles. The molecule has 2 rings (SSSR count). The zero-order chi connectivity index (χ0) is 14.9. The Kier molecular flexibility index (Phi) is 5.72. The van der Waals surface area contributed by atoms with Gasteiger partial charge in [0.25, 0.3) is 0 Å². The molecule has 0 spiro atoms. The predicted molar refractivity (Wildman–Crippen MR) is 87.2 cm³/mol. The Bertz CT molecular complexity index is 532. The second-order valence-electron chi connectivity index (χ2n) is 3.17. The van der Waals surface area contributed by atoms with Gasteiger partial charge in [-0.25, -0.2) is 9.59 Å². The fourth-order valence-corrected chi connectivity index (χ4v) is 6.99. The number of hydrogen-bond acceptors (Lipinski definition) is 8. The molecule has 4 nitrogen and oxygen atoms in total. The van der Waals surface area contributed by atoms with Gasteiger partial charge in [0, 0.05) is 0 Å². The Morgan fingerprint density at radius 3 is 1.45 bits per heavy atom. The molecular formula is C10H6Cl2O4S4. The van der Waals surface area contributed by atoms with Crippen LogP contribution in [-0.2, 0) is 19.1 Å². The third-order valence-electron chi connectivity index (χ3n) is 2.02. The molecule has 0 atom stereocenters. The smallest absolute Gasteiger partial charge is 0.346 e. The summed E-state index contributed by atoms with van der Waals surface area (Å²) in [5.74, 6) is -0.966. The maximum absolute atomic E-state index is 11.5. The van der Waals surface area contributed by atoms with Gasteiger partial charge in [-0.3, -0.25) is 0 Å². The first-order valence-corrected chi connectivity index (χ1v) is 8.92. The van der Waals surface area contributed by atoms with Crippen LogP contribution in [0.1, 0.15) is 0 Å². The molecule has 2 heterocycles. The topological polar surface area (TPSA) is 52.6 Å². The summed E-state index contributed by atoms with van der Waals surface area (Å²) < 4.78 is 11.6. The summed E-state index contributed by atoms with van der Waals surface area (Å²) in [6.45, 7) is 0. The first kappa shape index (κ1) is 16.5. The highest BCUT2D eigenvalue weighted by Crippen LogP contribution is 2.61. The van der Waals surface area contributed by atoms with Crippen molar-refractivity contribution >= 4 is 82.2 Å². The van der Waals surface area contributed by atoms with E-state index in [2.05, 4.69) is 9.47 Å². The molecule has 0 amide bonds. The van der Waals surface area contributed by atoms with E-state index in [1.165, 1.54) is 61.3 Å². The van der Waals surface area contributed by atoms with Crippen LogP contribution >= 0.6 is 70.2 Å². The molecule has 0 saturated heterocycles. The third-order valence-corrected chi connectivity index (χ3v) is 8.33. The lowest BCUT2D eigenvalue weighted by molar-refractivity contribution is -0.136. The molecule has 2 aliphatic rings. The average Bonchev–Trinajstić information content (AvgIpc) is 3.00. The van der Waals surface area contributed by atoms with Crippen LogP contribution in [0, 0.1) is 0 Å². The molecule has 20 heavy (non-hydrogen) atoms. The Morgan fingerprint density at radius 2 is 1.15 bits per heavy atom. The molecule has 108 valence electrons. The van der Waals surface area contributed by atoms with Crippen LogP contribution in [0.5, 0.6) is 0 Å². The molecule has 0 fully saturated rings. The van der Waals surface area contributed by atoms with Crippen LogP contribution in [0.4, 0.5) is 0 Å². The lowest BCUT2D eigenvalue weighted by Gasteiger charge is -2.01. The number of ether oxygens (including phenoxy) is 2. The van der Waals surface area contributed by atoms with Gasteiger partial charge in [0.1, 0.15) is 18.5 Å². The number of methoxy groups -OCH3 is 2. The second kappa shape index (κ2) is 6.93. The van der Waals surface area contributed by atoms with Gasteiger partial charge in [-0.1, -0.05) is 70.2 Å². The Labute approximate surface area is 142 Å². The van der Waals surface area contributed by atoms with E-state index in [0.717, 1.165) is 8.47 Å². The molecule has 0 bridgehead atoms. The van der Waals surface area contributed by atoms with E-state index in [0.29, 0.717) is 18.5 Å². The van der Waals surface area contributed by atoms with Crippen molar-refractivity contribution in [3.63, 3.8) is 0 Å². The minimum absolute atomic E-state index is 0.338. The molecule has 0 N–H and O–H groups in total. The number of carbonyl (C=O) groups is 2. The number of rotatable bonds is 2. The molecular weight excluding hydrogens is 383 g/mol. The number of thioether (sulfide) groups is 4. The Hall–Kier alpha value is 0.140. The van der Waals surface area contributed by atoms with E-state index in [-0.39, 0.29) is 0 Å². The van der Waals surface area contributed by atoms with Gasteiger partial charge in [0.15, 0.2) is 0 Å². The lowest BCUT2D eigenvalue weighted by atomic mass is 10.6. The van der Waals surface area contributed by atoms with E-state index in [1.807, 2.05) is 0 Å². The second-order valence-corrected chi connectivity index (χ2v) is 8.98. The number of carbonyl (C=O) groups excluding carboxylic acids is 2. The highest BCUT2D eigenvalue weighted by Gasteiger charge is 2.34. The quantitative estimate of drug-likeness (QED) is 0.651. The summed E-state index contributed by atoms with van der Waals surface area (Å²) in [7, 11) is 2.59. The zero-order valence-corrected chi connectivity index (χ0v) is 14.8. The van der Waals surface area contributed by atoms with Gasteiger partial charge >= 0.3 is 11.9 Å².